The summed E-state index contributed by atoms with van der Waals surface area (Å²) in [5.74, 6) is -1.27. The number of phenolic OH excluding ortho intramolecular Hbond substituents is 1. The largest absolute Gasteiger partial charge is 0.507 e. The van der Waals surface area contributed by atoms with Crippen molar-refractivity contribution in [3.05, 3.63) is 51.7 Å². The zero-order chi connectivity index (χ0) is 16.1. The first-order valence-corrected chi connectivity index (χ1v) is 7.65. The van der Waals surface area contributed by atoms with Crippen LogP contribution in [0, 0.1) is 6.92 Å². The van der Waals surface area contributed by atoms with Gasteiger partial charge in [-0.2, -0.15) is 0 Å². The Bertz CT molecular complexity index is 667. The van der Waals surface area contributed by atoms with Gasteiger partial charge in [0.2, 0.25) is 0 Å². The third kappa shape index (κ3) is 4.08. The van der Waals surface area contributed by atoms with Gasteiger partial charge < -0.3 is 15.2 Å². The fourth-order valence-corrected chi connectivity index (χ4v) is 2.65. The van der Waals surface area contributed by atoms with E-state index >= 15 is 0 Å². The van der Waals surface area contributed by atoms with Crippen LogP contribution in [-0.2, 0) is 9.53 Å². The van der Waals surface area contributed by atoms with Gasteiger partial charge in [-0.1, -0.05) is 17.7 Å². The molecule has 1 aromatic heterocycles. The lowest BCUT2D eigenvalue weighted by Crippen LogP contribution is -2.30. The first-order chi connectivity index (χ1) is 10.5. The van der Waals surface area contributed by atoms with E-state index in [9.17, 15) is 14.7 Å². The van der Waals surface area contributed by atoms with Crippen LogP contribution in [0.1, 0.15) is 33.8 Å². The Morgan fingerprint density at radius 2 is 2.14 bits per heavy atom. The number of carbonyl (C=O) groups is 2. The van der Waals surface area contributed by atoms with Crippen molar-refractivity contribution in [1.29, 1.82) is 0 Å². The molecule has 6 heteroatoms. The number of hydrogen-bond donors (Lipinski definition) is 2. The SMILES string of the molecule is Cc1ccc(O)c(C(=O)OCC(=O)N[C@@H](C)c2cccs2)c1. The van der Waals surface area contributed by atoms with Crippen LogP contribution in [0.4, 0.5) is 0 Å². The second-order valence-electron chi connectivity index (χ2n) is 4.90. The highest BCUT2D eigenvalue weighted by molar-refractivity contribution is 7.10. The van der Waals surface area contributed by atoms with Crippen molar-refractivity contribution < 1.29 is 19.4 Å². The molecule has 0 bridgehead atoms. The molecule has 1 aromatic carbocycles. The van der Waals surface area contributed by atoms with E-state index in [1.165, 1.54) is 12.1 Å². The van der Waals surface area contributed by atoms with E-state index in [-0.39, 0.29) is 29.9 Å². The lowest BCUT2D eigenvalue weighted by atomic mass is 10.1. The molecule has 2 N–H and O–H groups in total. The highest BCUT2D eigenvalue weighted by atomic mass is 32.1. The van der Waals surface area contributed by atoms with E-state index in [0.29, 0.717) is 0 Å². The molecular formula is C16H17NO4S. The topological polar surface area (TPSA) is 75.6 Å². The Balaban J connectivity index is 1.88. The summed E-state index contributed by atoms with van der Waals surface area (Å²) in [5.41, 5.74) is 0.875. The molecule has 2 rings (SSSR count). The average Bonchev–Trinajstić information content (AvgIpc) is 3.01. The van der Waals surface area contributed by atoms with E-state index in [1.807, 2.05) is 24.4 Å². The molecule has 0 saturated heterocycles. The van der Waals surface area contributed by atoms with Gasteiger partial charge in [-0.25, -0.2) is 4.79 Å². The van der Waals surface area contributed by atoms with Crippen molar-refractivity contribution in [3.8, 4) is 5.75 Å². The highest BCUT2D eigenvalue weighted by Gasteiger charge is 2.16. The van der Waals surface area contributed by atoms with Crippen LogP contribution >= 0.6 is 11.3 Å². The van der Waals surface area contributed by atoms with Gasteiger partial charge in [0.1, 0.15) is 11.3 Å². The van der Waals surface area contributed by atoms with Gasteiger partial charge in [0, 0.05) is 4.88 Å². The first kappa shape index (κ1) is 16.0. The standard InChI is InChI=1S/C16H17NO4S/c1-10-5-6-13(18)12(8-10)16(20)21-9-15(19)17-11(2)14-4-3-7-22-14/h3-8,11,18H,9H2,1-2H3,(H,17,19)/t11-/m0/s1. The summed E-state index contributed by atoms with van der Waals surface area (Å²) in [7, 11) is 0. The molecule has 22 heavy (non-hydrogen) atoms. The van der Waals surface area contributed by atoms with Gasteiger partial charge in [0.05, 0.1) is 6.04 Å². The third-order valence-corrected chi connectivity index (χ3v) is 4.11. The predicted molar refractivity (Wildman–Crippen MR) is 84.0 cm³/mol. The van der Waals surface area contributed by atoms with Crippen LogP contribution in [-0.4, -0.2) is 23.6 Å². The highest BCUT2D eigenvalue weighted by Crippen LogP contribution is 2.19. The lowest BCUT2D eigenvalue weighted by molar-refractivity contribution is -0.124. The summed E-state index contributed by atoms with van der Waals surface area (Å²) in [6, 6.07) is 8.31. The van der Waals surface area contributed by atoms with Gasteiger partial charge in [0.25, 0.3) is 5.91 Å². The van der Waals surface area contributed by atoms with Crippen molar-refractivity contribution in [1.82, 2.24) is 5.32 Å². The minimum Gasteiger partial charge on any atom is -0.507 e. The first-order valence-electron chi connectivity index (χ1n) is 6.77. The molecular weight excluding hydrogens is 302 g/mol. The molecule has 0 aliphatic rings. The lowest BCUT2D eigenvalue weighted by Gasteiger charge is -2.12. The monoisotopic (exact) mass is 319 g/mol. The van der Waals surface area contributed by atoms with Crippen LogP contribution in [0.5, 0.6) is 5.75 Å². The average molecular weight is 319 g/mol. The number of thiophene rings is 1. The van der Waals surface area contributed by atoms with Crippen molar-refractivity contribution in [2.24, 2.45) is 0 Å². The van der Waals surface area contributed by atoms with Gasteiger partial charge in [-0.15, -0.1) is 11.3 Å². The quantitative estimate of drug-likeness (QED) is 0.831. The number of esters is 1. The number of phenols is 1. The Morgan fingerprint density at radius 3 is 2.82 bits per heavy atom. The fourth-order valence-electron chi connectivity index (χ4n) is 1.91. The second kappa shape index (κ2) is 7.09. The van der Waals surface area contributed by atoms with Crippen LogP contribution in [0.15, 0.2) is 35.7 Å². The molecule has 0 unspecified atom stereocenters. The normalized spacial score (nSPS) is 11.7. The minimum atomic E-state index is -0.722. The Labute approximate surface area is 132 Å². The number of aryl methyl sites for hydroxylation is 1. The number of carbonyl (C=O) groups excluding carboxylic acids is 2. The molecule has 116 valence electrons. The second-order valence-corrected chi connectivity index (χ2v) is 5.88. The summed E-state index contributed by atoms with van der Waals surface area (Å²) in [5, 5.41) is 14.3. The van der Waals surface area contributed by atoms with Gasteiger partial charge in [-0.3, -0.25) is 4.79 Å². The summed E-state index contributed by atoms with van der Waals surface area (Å²) in [6.45, 7) is 3.27. The van der Waals surface area contributed by atoms with Crippen molar-refractivity contribution in [2.75, 3.05) is 6.61 Å². The third-order valence-electron chi connectivity index (χ3n) is 3.05. The molecule has 0 spiro atoms. The minimum absolute atomic E-state index is 0.0547. The van der Waals surface area contributed by atoms with Gasteiger partial charge in [-0.05, 0) is 37.4 Å². The zero-order valence-electron chi connectivity index (χ0n) is 12.3. The molecule has 0 fully saturated rings. The summed E-state index contributed by atoms with van der Waals surface area (Å²) in [4.78, 5) is 24.7. The number of benzene rings is 1. The maximum absolute atomic E-state index is 11.9. The maximum Gasteiger partial charge on any atom is 0.342 e. The van der Waals surface area contributed by atoms with Gasteiger partial charge in [0.15, 0.2) is 6.61 Å². The van der Waals surface area contributed by atoms with E-state index in [4.69, 9.17) is 4.74 Å². The molecule has 5 nitrogen and oxygen atoms in total. The van der Waals surface area contributed by atoms with E-state index in [0.717, 1.165) is 10.4 Å². The predicted octanol–water partition coefficient (Wildman–Crippen LogP) is 2.80. The summed E-state index contributed by atoms with van der Waals surface area (Å²) < 4.78 is 4.94. The summed E-state index contributed by atoms with van der Waals surface area (Å²) >= 11 is 1.54. The number of hydrogen-bond acceptors (Lipinski definition) is 5. The number of aromatic hydroxyl groups is 1. The van der Waals surface area contributed by atoms with E-state index in [2.05, 4.69) is 5.32 Å². The molecule has 1 amide bonds. The van der Waals surface area contributed by atoms with Crippen molar-refractivity contribution in [3.63, 3.8) is 0 Å². The molecule has 2 aromatic rings. The molecule has 0 radical (unpaired) electrons. The Hall–Kier alpha value is -2.34. The van der Waals surface area contributed by atoms with Crippen LogP contribution in [0.25, 0.3) is 0 Å². The summed E-state index contributed by atoms with van der Waals surface area (Å²) in [6.07, 6.45) is 0. The molecule has 0 aliphatic heterocycles. The molecule has 0 saturated carbocycles. The number of ether oxygens (including phenoxy) is 1. The maximum atomic E-state index is 11.9. The van der Waals surface area contributed by atoms with Crippen LogP contribution in [0.3, 0.4) is 0 Å². The Morgan fingerprint density at radius 1 is 1.36 bits per heavy atom. The molecule has 1 heterocycles. The van der Waals surface area contributed by atoms with E-state index in [1.54, 1.807) is 24.3 Å². The van der Waals surface area contributed by atoms with Crippen LogP contribution < -0.4 is 5.32 Å². The van der Waals surface area contributed by atoms with Crippen molar-refractivity contribution >= 4 is 23.2 Å². The van der Waals surface area contributed by atoms with Gasteiger partial charge >= 0.3 is 5.97 Å². The molecule has 1 atom stereocenters. The number of rotatable bonds is 5. The fraction of sp³-hybridized carbons (Fsp3) is 0.250. The number of amides is 1. The smallest absolute Gasteiger partial charge is 0.342 e. The molecule has 0 aliphatic carbocycles. The van der Waals surface area contributed by atoms with E-state index < -0.39 is 5.97 Å². The number of nitrogens with one attached hydrogen (secondary N) is 1. The van der Waals surface area contributed by atoms with Crippen LogP contribution in [0.2, 0.25) is 0 Å². The Kier molecular flexibility index (Phi) is 5.16. The van der Waals surface area contributed by atoms with Crippen molar-refractivity contribution in [2.45, 2.75) is 19.9 Å². The zero-order valence-corrected chi connectivity index (χ0v) is 13.1.